The maximum Gasteiger partial charge on any atom is 0.0972 e. The first kappa shape index (κ1) is 23.3. The second kappa shape index (κ2) is 13.2. The van der Waals surface area contributed by atoms with Crippen LogP contribution in [0.1, 0.15) is 11.1 Å². The molecule has 0 atom stereocenters. The molecule has 0 spiro atoms. The van der Waals surface area contributed by atoms with Gasteiger partial charge in [0.25, 0.3) is 0 Å². The van der Waals surface area contributed by atoms with Crippen molar-refractivity contribution < 1.29 is 10.9 Å². The van der Waals surface area contributed by atoms with Crippen LogP contribution in [0.5, 0.6) is 0 Å². The quantitative estimate of drug-likeness (QED) is 0.168. The molecule has 31 heavy (non-hydrogen) atoms. The summed E-state index contributed by atoms with van der Waals surface area (Å²) < 4.78 is 0. The summed E-state index contributed by atoms with van der Waals surface area (Å²) in [4.78, 5) is 9.98. The Hall–Kier alpha value is -2.33. The topological polar surface area (TPSA) is 24.7 Å². The van der Waals surface area contributed by atoms with Gasteiger partial charge in [-0.25, -0.2) is 9.98 Å². The number of benzene rings is 4. The molecule has 4 rings (SSSR count). The zero-order chi connectivity index (χ0) is 21.7. The van der Waals surface area contributed by atoms with Gasteiger partial charge in [-0.1, -0.05) is 97.1 Å². The summed E-state index contributed by atoms with van der Waals surface area (Å²) in [6.07, 6.45) is 0. The van der Waals surface area contributed by atoms with Crippen molar-refractivity contribution in [2.45, 2.75) is 0 Å². The van der Waals surface area contributed by atoms with E-state index in [9.17, 15) is 0 Å². The van der Waals surface area contributed by atoms with Crippen LogP contribution in [0.4, 0.5) is 11.4 Å². The molecule has 0 aliphatic rings. The van der Waals surface area contributed by atoms with E-state index in [0.29, 0.717) is 0 Å². The predicted molar refractivity (Wildman–Crippen MR) is 136 cm³/mol. The largest absolute Gasteiger partial charge is 0.246 e. The Morgan fingerprint density at radius 2 is 0.710 bits per heavy atom. The fourth-order valence-corrected chi connectivity index (χ4v) is 2.96. The second-order valence-electron chi connectivity index (χ2n) is 6.37. The monoisotopic (exact) mass is 576 g/mol. The maximum atomic E-state index is 4.99. The third kappa shape index (κ3) is 7.39. The molecule has 0 bridgehead atoms. The minimum absolute atomic E-state index is 0.849. The average Bonchev–Trinajstić information content (AvgIpc) is 2.84. The number of hydrogen-bond acceptors (Lipinski definition) is 2. The summed E-state index contributed by atoms with van der Waals surface area (Å²) in [5, 5.41) is 0. The third-order valence-electron chi connectivity index (χ3n) is 4.31. The van der Waals surface area contributed by atoms with Gasteiger partial charge in [0.15, 0.2) is 0 Å². The fourth-order valence-electron chi connectivity index (χ4n) is 2.96. The zero-order valence-electron chi connectivity index (χ0n) is 16.5. The normalized spacial score (nSPS) is 11.5. The van der Waals surface area contributed by atoms with E-state index in [0.717, 1.165) is 33.9 Å². The summed E-state index contributed by atoms with van der Waals surface area (Å²) in [5.41, 5.74) is 5.56. The molecule has 0 unspecified atom stereocenters. The summed E-state index contributed by atoms with van der Waals surface area (Å²) in [5.74, 6) is 0. The Balaban J connectivity index is 0.000000858. The predicted octanol–water partition coefficient (Wildman–Crippen LogP) is 8.32. The van der Waals surface area contributed by atoms with E-state index in [4.69, 9.17) is 9.98 Å². The molecule has 5 heteroatoms. The molecule has 2 nitrogen and oxygen atoms in total. The van der Waals surface area contributed by atoms with Crippen LogP contribution in [0, 0.1) is 0 Å². The smallest absolute Gasteiger partial charge is 0.0972 e. The van der Waals surface area contributed by atoms with Gasteiger partial charge in [-0.05, 0) is 24.3 Å². The minimum Gasteiger partial charge on any atom is -0.246 e. The molecule has 0 aromatic heterocycles. The van der Waals surface area contributed by atoms with Gasteiger partial charge in [-0.3, -0.25) is 0 Å². The van der Waals surface area contributed by atoms with E-state index < -0.39 is 0 Å². The fraction of sp³-hybridized carbons (Fsp3) is 0. The van der Waals surface area contributed by atoms with Crippen LogP contribution in [-0.4, -0.2) is 11.4 Å². The van der Waals surface area contributed by atoms with Crippen molar-refractivity contribution in [3.63, 3.8) is 0 Å². The Morgan fingerprint density at radius 3 is 1.00 bits per heavy atom. The van der Waals surface area contributed by atoms with Crippen LogP contribution in [0.2, 0.25) is 0 Å². The van der Waals surface area contributed by atoms with Crippen LogP contribution >= 0.6 is 28.5 Å². The molecule has 4 aromatic rings. The molecule has 0 aliphatic carbocycles. The SMILES string of the molecule is [Br][Ni][Br].c1ccc(N=C(C(=Nc2ccccc2)c2ccccc2)c2ccccc2)cc1. The van der Waals surface area contributed by atoms with E-state index in [1.54, 1.807) is 0 Å². The van der Waals surface area contributed by atoms with Gasteiger partial charge in [0.05, 0.1) is 22.8 Å². The molecular formula is C26H20Br2N2Ni. The summed E-state index contributed by atoms with van der Waals surface area (Å²) >= 11 is 6.00. The standard InChI is InChI=1S/C26H20N2.2BrH.Ni/c1-5-13-21(14-6-1)25(27-23-17-9-3-10-18-23)26(22-15-7-2-8-16-22)28-24-19-11-4-12-20-24;;;/h1-20H;2*1H;/q;;;+2/p-2. The number of hydrogen-bond donors (Lipinski definition) is 0. The van der Waals surface area contributed by atoms with Crippen molar-refractivity contribution in [1.29, 1.82) is 0 Å². The molecule has 158 valence electrons. The molecule has 0 aliphatic heterocycles. The molecule has 0 fully saturated rings. The van der Waals surface area contributed by atoms with Crippen molar-refractivity contribution in [2.75, 3.05) is 0 Å². The van der Waals surface area contributed by atoms with Crippen LogP contribution in [0.3, 0.4) is 0 Å². The van der Waals surface area contributed by atoms with Crippen molar-refractivity contribution in [1.82, 2.24) is 0 Å². The van der Waals surface area contributed by atoms with Gasteiger partial charge in [0, 0.05) is 11.1 Å². The zero-order valence-corrected chi connectivity index (χ0v) is 20.7. The van der Waals surface area contributed by atoms with E-state index in [1.807, 2.05) is 97.1 Å². The van der Waals surface area contributed by atoms with Crippen molar-refractivity contribution in [3.8, 4) is 0 Å². The van der Waals surface area contributed by atoms with Crippen LogP contribution in [0.15, 0.2) is 131 Å². The van der Waals surface area contributed by atoms with Gasteiger partial charge in [0.2, 0.25) is 0 Å². The van der Waals surface area contributed by atoms with Crippen molar-refractivity contribution in [3.05, 3.63) is 132 Å². The molecule has 0 saturated heterocycles. The average molecular weight is 579 g/mol. The molecule has 4 aromatic carbocycles. The summed E-state index contributed by atoms with van der Waals surface area (Å²) in [6.45, 7) is 0. The van der Waals surface area contributed by atoms with Crippen molar-refractivity contribution >= 4 is 51.2 Å². The molecular weight excluding hydrogens is 559 g/mol. The number of nitrogens with zero attached hydrogens (tertiary/aromatic N) is 2. The first-order chi connectivity index (χ1) is 15.3. The van der Waals surface area contributed by atoms with E-state index in [2.05, 4.69) is 52.7 Å². The number of para-hydroxylation sites is 2. The summed E-state index contributed by atoms with van der Waals surface area (Å²) in [7, 11) is 1.25. The van der Waals surface area contributed by atoms with E-state index in [1.165, 1.54) is 10.9 Å². The van der Waals surface area contributed by atoms with Gasteiger partial charge in [0.1, 0.15) is 0 Å². The third-order valence-corrected chi connectivity index (χ3v) is 4.31. The maximum absolute atomic E-state index is 4.99. The van der Waals surface area contributed by atoms with Crippen LogP contribution < -0.4 is 0 Å². The van der Waals surface area contributed by atoms with Gasteiger partial charge < -0.3 is 0 Å². The minimum atomic E-state index is 0.849. The Morgan fingerprint density at radius 1 is 0.452 bits per heavy atom. The molecule has 0 heterocycles. The first-order valence-electron chi connectivity index (χ1n) is 9.53. The molecule has 0 amide bonds. The molecule has 0 radical (unpaired) electrons. The van der Waals surface area contributed by atoms with E-state index >= 15 is 0 Å². The van der Waals surface area contributed by atoms with Gasteiger partial charge in [-0.2, -0.15) is 0 Å². The van der Waals surface area contributed by atoms with Gasteiger partial charge >= 0.3 is 39.3 Å². The van der Waals surface area contributed by atoms with Gasteiger partial charge in [-0.15, -0.1) is 0 Å². The Labute approximate surface area is 203 Å². The Bertz CT molecular complexity index is 1010. The first-order valence-corrected chi connectivity index (χ1v) is 14.4. The molecule has 0 N–H and O–H groups in total. The van der Waals surface area contributed by atoms with E-state index in [-0.39, 0.29) is 0 Å². The number of aliphatic imine (C=N–C) groups is 2. The molecule has 0 saturated carbocycles. The van der Waals surface area contributed by atoms with Crippen LogP contribution in [-0.2, 0) is 10.9 Å². The number of halogens is 2. The Kier molecular flexibility index (Phi) is 9.91. The van der Waals surface area contributed by atoms with Crippen molar-refractivity contribution in [2.24, 2.45) is 9.98 Å². The van der Waals surface area contributed by atoms with Crippen LogP contribution in [0.25, 0.3) is 0 Å². The number of rotatable bonds is 5. The summed E-state index contributed by atoms with van der Waals surface area (Å²) in [6, 6.07) is 40.5. The second-order valence-corrected chi connectivity index (χ2v) is 11.4.